The predicted molar refractivity (Wildman–Crippen MR) is 64.6 cm³/mol. The zero-order valence-corrected chi connectivity index (χ0v) is 10.3. The molecule has 0 aromatic heterocycles. The summed E-state index contributed by atoms with van der Waals surface area (Å²) in [5.41, 5.74) is 2.56. The molecule has 0 fully saturated rings. The molecule has 0 unspecified atom stereocenters. The first-order valence-corrected chi connectivity index (χ1v) is 5.31. The number of hydrogen-bond acceptors (Lipinski definition) is 2. The van der Waals surface area contributed by atoms with Gasteiger partial charge in [-0.05, 0) is 45.4 Å². The third kappa shape index (κ3) is 2.96. The average molecular weight is 207 g/mol. The SMILES string of the molecule is CNC(C)(C)Cc1cccc(C)c1OC. The maximum atomic E-state index is 5.44. The van der Waals surface area contributed by atoms with E-state index in [1.54, 1.807) is 7.11 Å². The Labute approximate surface area is 92.6 Å². The van der Waals surface area contributed by atoms with Crippen molar-refractivity contribution in [2.45, 2.75) is 32.7 Å². The average Bonchev–Trinajstić information content (AvgIpc) is 2.18. The van der Waals surface area contributed by atoms with Crippen LogP contribution in [0.25, 0.3) is 0 Å². The van der Waals surface area contributed by atoms with Crippen molar-refractivity contribution < 1.29 is 4.74 Å². The third-order valence-electron chi connectivity index (χ3n) is 2.81. The fourth-order valence-corrected chi connectivity index (χ4v) is 1.71. The monoisotopic (exact) mass is 207 g/mol. The molecular formula is C13H21NO. The largest absolute Gasteiger partial charge is 0.496 e. The Morgan fingerprint density at radius 2 is 2.00 bits per heavy atom. The molecule has 15 heavy (non-hydrogen) atoms. The van der Waals surface area contributed by atoms with Crippen LogP contribution in [0.1, 0.15) is 25.0 Å². The molecule has 0 amide bonds. The number of ether oxygens (including phenoxy) is 1. The standard InChI is InChI=1S/C13H21NO/c1-10-7-6-8-11(12(10)15-5)9-13(2,3)14-4/h6-8,14H,9H2,1-5H3. The van der Waals surface area contributed by atoms with E-state index in [4.69, 9.17) is 4.74 Å². The first-order valence-electron chi connectivity index (χ1n) is 5.31. The number of nitrogens with one attached hydrogen (secondary N) is 1. The van der Waals surface area contributed by atoms with Crippen molar-refractivity contribution in [2.75, 3.05) is 14.2 Å². The van der Waals surface area contributed by atoms with E-state index < -0.39 is 0 Å². The second-order valence-electron chi connectivity index (χ2n) is 4.58. The van der Waals surface area contributed by atoms with Crippen molar-refractivity contribution in [2.24, 2.45) is 0 Å². The minimum Gasteiger partial charge on any atom is -0.496 e. The van der Waals surface area contributed by atoms with Gasteiger partial charge in [-0.1, -0.05) is 18.2 Å². The summed E-state index contributed by atoms with van der Waals surface area (Å²) in [4.78, 5) is 0. The Morgan fingerprint density at radius 1 is 1.33 bits per heavy atom. The molecule has 0 radical (unpaired) electrons. The highest BCUT2D eigenvalue weighted by atomic mass is 16.5. The van der Waals surface area contributed by atoms with Gasteiger partial charge in [0.15, 0.2) is 0 Å². The van der Waals surface area contributed by atoms with Gasteiger partial charge in [0.05, 0.1) is 7.11 Å². The van der Waals surface area contributed by atoms with Gasteiger partial charge in [-0.15, -0.1) is 0 Å². The van der Waals surface area contributed by atoms with Crippen LogP contribution in [0.2, 0.25) is 0 Å². The van der Waals surface area contributed by atoms with Crippen LogP contribution in [0, 0.1) is 6.92 Å². The Bertz CT molecular complexity index is 331. The van der Waals surface area contributed by atoms with Crippen molar-refractivity contribution in [3.8, 4) is 5.75 Å². The van der Waals surface area contributed by atoms with Crippen molar-refractivity contribution >= 4 is 0 Å². The van der Waals surface area contributed by atoms with Crippen LogP contribution in [0.4, 0.5) is 0 Å². The molecule has 0 aliphatic rings. The van der Waals surface area contributed by atoms with Gasteiger partial charge >= 0.3 is 0 Å². The van der Waals surface area contributed by atoms with Gasteiger partial charge in [0.25, 0.3) is 0 Å². The highest BCUT2D eigenvalue weighted by Crippen LogP contribution is 2.26. The van der Waals surface area contributed by atoms with Gasteiger partial charge in [0.2, 0.25) is 0 Å². The van der Waals surface area contributed by atoms with E-state index in [2.05, 4.69) is 44.3 Å². The fourth-order valence-electron chi connectivity index (χ4n) is 1.71. The summed E-state index contributed by atoms with van der Waals surface area (Å²) in [6.07, 6.45) is 0.967. The number of likely N-dealkylation sites (N-methyl/N-ethyl adjacent to an activating group) is 1. The van der Waals surface area contributed by atoms with E-state index in [-0.39, 0.29) is 5.54 Å². The Kier molecular flexibility index (Phi) is 3.75. The summed E-state index contributed by atoms with van der Waals surface area (Å²) in [5.74, 6) is 1.01. The molecule has 0 atom stereocenters. The second kappa shape index (κ2) is 4.67. The summed E-state index contributed by atoms with van der Waals surface area (Å²) >= 11 is 0. The number of benzene rings is 1. The Balaban J connectivity index is 2.99. The highest BCUT2D eigenvalue weighted by molar-refractivity contribution is 5.41. The summed E-state index contributed by atoms with van der Waals surface area (Å²) in [6.45, 7) is 6.46. The molecule has 0 saturated carbocycles. The Morgan fingerprint density at radius 3 is 2.53 bits per heavy atom. The number of hydrogen-bond donors (Lipinski definition) is 1. The maximum absolute atomic E-state index is 5.44. The fraction of sp³-hybridized carbons (Fsp3) is 0.538. The first-order chi connectivity index (χ1) is 7.00. The highest BCUT2D eigenvalue weighted by Gasteiger charge is 2.18. The minimum absolute atomic E-state index is 0.0983. The zero-order valence-electron chi connectivity index (χ0n) is 10.3. The van der Waals surface area contributed by atoms with E-state index in [1.165, 1.54) is 11.1 Å². The van der Waals surface area contributed by atoms with Crippen LogP contribution in [0.3, 0.4) is 0 Å². The quantitative estimate of drug-likeness (QED) is 0.819. The molecule has 2 heteroatoms. The number of aryl methyl sites for hydroxylation is 1. The van der Waals surface area contributed by atoms with E-state index in [0.29, 0.717) is 0 Å². The molecule has 1 N–H and O–H groups in total. The van der Waals surface area contributed by atoms with Gasteiger partial charge in [-0.25, -0.2) is 0 Å². The van der Waals surface area contributed by atoms with Crippen LogP contribution in [0.5, 0.6) is 5.75 Å². The van der Waals surface area contributed by atoms with Crippen molar-refractivity contribution in [3.63, 3.8) is 0 Å². The van der Waals surface area contributed by atoms with E-state index in [1.807, 2.05) is 7.05 Å². The molecule has 0 spiro atoms. The van der Waals surface area contributed by atoms with E-state index in [0.717, 1.165) is 12.2 Å². The van der Waals surface area contributed by atoms with Crippen molar-refractivity contribution in [1.29, 1.82) is 0 Å². The second-order valence-corrected chi connectivity index (χ2v) is 4.58. The van der Waals surface area contributed by atoms with Crippen LogP contribution in [-0.4, -0.2) is 19.7 Å². The summed E-state index contributed by atoms with van der Waals surface area (Å²) < 4.78 is 5.44. The molecule has 0 aliphatic heterocycles. The smallest absolute Gasteiger partial charge is 0.125 e. The lowest BCUT2D eigenvalue weighted by molar-refractivity contribution is 0.384. The topological polar surface area (TPSA) is 21.3 Å². The number of rotatable bonds is 4. The molecule has 0 heterocycles. The van der Waals surface area contributed by atoms with E-state index >= 15 is 0 Å². The summed E-state index contributed by atoms with van der Waals surface area (Å²) in [7, 11) is 3.72. The lowest BCUT2D eigenvalue weighted by atomic mass is 9.93. The number of para-hydroxylation sites is 1. The third-order valence-corrected chi connectivity index (χ3v) is 2.81. The lowest BCUT2D eigenvalue weighted by Crippen LogP contribution is -2.38. The maximum Gasteiger partial charge on any atom is 0.125 e. The molecule has 1 rings (SSSR count). The molecule has 2 nitrogen and oxygen atoms in total. The van der Waals surface area contributed by atoms with Crippen LogP contribution >= 0.6 is 0 Å². The zero-order chi connectivity index (χ0) is 11.5. The first kappa shape index (κ1) is 12.1. The molecule has 0 bridgehead atoms. The minimum atomic E-state index is 0.0983. The van der Waals surface area contributed by atoms with Crippen molar-refractivity contribution in [3.05, 3.63) is 29.3 Å². The van der Waals surface area contributed by atoms with Crippen LogP contribution < -0.4 is 10.1 Å². The summed E-state index contributed by atoms with van der Waals surface area (Å²) in [5, 5.41) is 3.31. The molecule has 0 saturated heterocycles. The predicted octanol–water partition coefficient (Wildman–Crippen LogP) is 2.54. The Hall–Kier alpha value is -1.02. The normalized spacial score (nSPS) is 11.5. The molecule has 84 valence electrons. The molecule has 1 aromatic carbocycles. The summed E-state index contributed by atoms with van der Waals surface area (Å²) in [6, 6.07) is 6.29. The van der Waals surface area contributed by atoms with Gasteiger partial charge in [-0.2, -0.15) is 0 Å². The van der Waals surface area contributed by atoms with Gasteiger partial charge in [-0.3, -0.25) is 0 Å². The van der Waals surface area contributed by atoms with Crippen LogP contribution in [0.15, 0.2) is 18.2 Å². The van der Waals surface area contributed by atoms with Gasteiger partial charge in [0.1, 0.15) is 5.75 Å². The van der Waals surface area contributed by atoms with Gasteiger partial charge < -0.3 is 10.1 Å². The van der Waals surface area contributed by atoms with E-state index in [9.17, 15) is 0 Å². The lowest BCUT2D eigenvalue weighted by Gasteiger charge is -2.25. The molecule has 1 aromatic rings. The molecular weight excluding hydrogens is 186 g/mol. The van der Waals surface area contributed by atoms with Crippen LogP contribution in [-0.2, 0) is 6.42 Å². The molecule has 0 aliphatic carbocycles. The number of methoxy groups -OCH3 is 1. The van der Waals surface area contributed by atoms with Crippen molar-refractivity contribution in [1.82, 2.24) is 5.32 Å². The van der Waals surface area contributed by atoms with Gasteiger partial charge in [0, 0.05) is 5.54 Å².